The number of rotatable bonds is 5. The van der Waals surface area contributed by atoms with Crippen LogP contribution >= 0.6 is 0 Å². The molecule has 5 nitrogen and oxygen atoms in total. The average molecular weight is 311 g/mol. The molecule has 23 heavy (non-hydrogen) atoms. The topological polar surface area (TPSA) is 68.0 Å². The van der Waals surface area contributed by atoms with Crippen LogP contribution in [0.5, 0.6) is 0 Å². The predicted octanol–water partition coefficient (Wildman–Crippen LogP) is 2.73. The van der Waals surface area contributed by atoms with Crippen LogP contribution in [0.3, 0.4) is 0 Å². The molecule has 0 unspecified atom stereocenters. The molecular weight excluding hydrogens is 297 g/mol. The summed E-state index contributed by atoms with van der Waals surface area (Å²) in [4.78, 5) is 15.9. The van der Waals surface area contributed by atoms with E-state index in [-0.39, 0.29) is 36.2 Å². The molecule has 1 aromatic heterocycles. The molecule has 2 aromatic carbocycles. The summed E-state index contributed by atoms with van der Waals surface area (Å²) in [5.41, 5.74) is 1.18. The highest BCUT2D eigenvalue weighted by molar-refractivity contribution is 5.78. The standard InChI is InChI=1S/C17H14FN3O2/c18-14-9-5-4-8-13(14)17-20-16(23-21-17)11-19-15(22)10-12-6-2-1-3-7-12/h1-9H,10-11H2,(H,19,22). The van der Waals surface area contributed by atoms with Gasteiger partial charge in [-0.15, -0.1) is 0 Å². The maximum Gasteiger partial charge on any atom is 0.246 e. The lowest BCUT2D eigenvalue weighted by atomic mass is 10.1. The Bertz CT molecular complexity index is 802. The maximum absolute atomic E-state index is 13.6. The molecule has 1 N–H and O–H groups in total. The van der Waals surface area contributed by atoms with E-state index in [1.165, 1.54) is 6.07 Å². The quantitative estimate of drug-likeness (QED) is 0.786. The first-order valence-electron chi connectivity index (χ1n) is 7.10. The second-order valence-electron chi connectivity index (χ2n) is 4.93. The van der Waals surface area contributed by atoms with Crippen LogP contribution in [0.4, 0.5) is 4.39 Å². The summed E-state index contributed by atoms with van der Waals surface area (Å²) in [6.45, 7) is 0.104. The van der Waals surface area contributed by atoms with Gasteiger partial charge in [-0.1, -0.05) is 47.6 Å². The van der Waals surface area contributed by atoms with Gasteiger partial charge in [0.2, 0.25) is 17.6 Å². The van der Waals surface area contributed by atoms with Gasteiger partial charge < -0.3 is 9.84 Å². The van der Waals surface area contributed by atoms with E-state index in [4.69, 9.17) is 4.52 Å². The van der Waals surface area contributed by atoms with Crippen LogP contribution in [0.15, 0.2) is 59.1 Å². The minimum Gasteiger partial charge on any atom is -0.347 e. The molecule has 116 valence electrons. The molecular formula is C17H14FN3O2. The zero-order valence-corrected chi connectivity index (χ0v) is 12.2. The molecule has 0 bridgehead atoms. The van der Waals surface area contributed by atoms with Crippen LogP contribution in [0.2, 0.25) is 0 Å². The van der Waals surface area contributed by atoms with E-state index in [1.807, 2.05) is 30.3 Å². The van der Waals surface area contributed by atoms with Crippen molar-refractivity contribution < 1.29 is 13.7 Å². The Hall–Kier alpha value is -3.02. The van der Waals surface area contributed by atoms with E-state index >= 15 is 0 Å². The maximum atomic E-state index is 13.6. The van der Waals surface area contributed by atoms with Crippen molar-refractivity contribution in [1.82, 2.24) is 15.5 Å². The summed E-state index contributed by atoms with van der Waals surface area (Å²) in [5, 5.41) is 6.43. The van der Waals surface area contributed by atoms with Crippen LogP contribution in [0.25, 0.3) is 11.4 Å². The lowest BCUT2D eigenvalue weighted by molar-refractivity contribution is -0.120. The van der Waals surface area contributed by atoms with Crippen molar-refractivity contribution in [3.05, 3.63) is 71.9 Å². The molecule has 3 rings (SSSR count). The predicted molar refractivity (Wildman–Crippen MR) is 81.7 cm³/mol. The molecule has 0 atom stereocenters. The third kappa shape index (κ3) is 3.79. The second kappa shape index (κ2) is 6.83. The van der Waals surface area contributed by atoms with E-state index in [9.17, 15) is 9.18 Å². The van der Waals surface area contributed by atoms with Crippen molar-refractivity contribution in [2.75, 3.05) is 0 Å². The largest absolute Gasteiger partial charge is 0.347 e. The SMILES string of the molecule is O=C(Cc1ccccc1)NCc1nc(-c2ccccc2F)no1. The Morgan fingerprint density at radius 1 is 1.09 bits per heavy atom. The van der Waals surface area contributed by atoms with Gasteiger partial charge in [0, 0.05) is 0 Å². The Balaban J connectivity index is 1.59. The van der Waals surface area contributed by atoms with Crippen molar-refractivity contribution in [1.29, 1.82) is 0 Å². The summed E-state index contributed by atoms with van der Waals surface area (Å²) in [6.07, 6.45) is 0.273. The van der Waals surface area contributed by atoms with Crippen molar-refractivity contribution in [3.63, 3.8) is 0 Å². The number of halogens is 1. The molecule has 1 heterocycles. The van der Waals surface area contributed by atoms with Gasteiger partial charge in [0.1, 0.15) is 5.82 Å². The third-order valence-electron chi connectivity index (χ3n) is 3.23. The van der Waals surface area contributed by atoms with Crippen molar-refractivity contribution >= 4 is 5.91 Å². The van der Waals surface area contributed by atoms with E-state index < -0.39 is 5.82 Å². The number of carbonyl (C=O) groups is 1. The molecule has 1 amide bonds. The highest BCUT2D eigenvalue weighted by Gasteiger charge is 2.13. The molecule has 0 aliphatic carbocycles. The number of aromatic nitrogens is 2. The monoisotopic (exact) mass is 311 g/mol. The first-order valence-corrected chi connectivity index (χ1v) is 7.10. The van der Waals surface area contributed by atoms with Crippen LogP contribution in [-0.2, 0) is 17.8 Å². The Kier molecular flexibility index (Phi) is 4.42. The number of amides is 1. The van der Waals surface area contributed by atoms with Crippen LogP contribution in [0, 0.1) is 5.82 Å². The van der Waals surface area contributed by atoms with Gasteiger partial charge >= 0.3 is 0 Å². The smallest absolute Gasteiger partial charge is 0.246 e. The number of hydrogen-bond donors (Lipinski definition) is 1. The van der Waals surface area contributed by atoms with E-state index in [1.54, 1.807) is 18.2 Å². The number of nitrogens with one attached hydrogen (secondary N) is 1. The molecule has 0 saturated heterocycles. The fourth-order valence-corrected chi connectivity index (χ4v) is 2.10. The fourth-order valence-electron chi connectivity index (χ4n) is 2.10. The Labute approximate surface area is 132 Å². The van der Waals surface area contributed by atoms with Crippen molar-refractivity contribution in [3.8, 4) is 11.4 Å². The lowest BCUT2D eigenvalue weighted by Crippen LogP contribution is -2.24. The number of hydrogen-bond acceptors (Lipinski definition) is 4. The van der Waals surface area contributed by atoms with Gasteiger partial charge in [-0.3, -0.25) is 4.79 Å². The third-order valence-corrected chi connectivity index (χ3v) is 3.23. The molecule has 0 spiro atoms. The highest BCUT2D eigenvalue weighted by Crippen LogP contribution is 2.18. The molecule has 0 fully saturated rings. The summed E-state index contributed by atoms with van der Waals surface area (Å²) in [6, 6.07) is 15.6. The van der Waals surface area contributed by atoms with Gasteiger partial charge in [-0.05, 0) is 17.7 Å². The Morgan fingerprint density at radius 3 is 2.61 bits per heavy atom. The van der Waals surface area contributed by atoms with Gasteiger partial charge in [-0.25, -0.2) is 4.39 Å². The van der Waals surface area contributed by atoms with E-state index in [0.717, 1.165) is 5.56 Å². The van der Waals surface area contributed by atoms with E-state index in [2.05, 4.69) is 15.5 Å². The van der Waals surface area contributed by atoms with Crippen molar-refractivity contribution in [2.45, 2.75) is 13.0 Å². The lowest BCUT2D eigenvalue weighted by Gasteiger charge is -2.02. The Morgan fingerprint density at radius 2 is 1.83 bits per heavy atom. The van der Waals surface area contributed by atoms with Crippen LogP contribution in [-0.4, -0.2) is 16.0 Å². The summed E-state index contributed by atoms with van der Waals surface area (Å²) < 4.78 is 18.7. The zero-order valence-electron chi connectivity index (χ0n) is 12.2. The number of nitrogens with zero attached hydrogens (tertiary/aromatic N) is 2. The first-order chi connectivity index (χ1) is 11.2. The molecule has 0 aliphatic heterocycles. The number of benzene rings is 2. The van der Waals surface area contributed by atoms with Gasteiger partial charge in [0.25, 0.3) is 0 Å². The molecule has 6 heteroatoms. The molecule has 0 saturated carbocycles. The summed E-state index contributed by atoms with van der Waals surface area (Å²) >= 11 is 0. The van der Waals surface area contributed by atoms with Crippen molar-refractivity contribution in [2.24, 2.45) is 0 Å². The van der Waals surface area contributed by atoms with Gasteiger partial charge in [-0.2, -0.15) is 4.98 Å². The fraction of sp³-hybridized carbons (Fsp3) is 0.118. The van der Waals surface area contributed by atoms with Gasteiger partial charge in [0.15, 0.2) is 0 Å². The molecule has 0 radical (unpaired) electrons. The van der Waals surface area contributed by atoms with Crippen LogP contribution < -0.4 is 5.32 Å². The molecule has 3 aromatic rings. The number of carbonyl (C=O) groups excluding carboxylic acids is 1. The average Bonchev–Trinajstić information content (AvgIpc) is 3.03. The first kappa shape index (κ1) is 14.9. The minimum atomic E-state index is -0.423. The molecule has 0 aliphatic rings. The highest BCUT2D eigenvalue weighted by atomic mass is 19.1. The normalized spacial score (nSPS) is 10.5. The summed E-state index contributed by atoms with van der Waals surface area (Å²) in [5.74, 6) is -0.185. The van der Waals surface area contributed by atoms with E-state index in [0.29, 0.717) is 0 Å². The van der Waals surface area contributed by atoms with Crippen LogP contribution in [0.1, 0.15) is 11.5 Å². The van der Waals surface area contributed by atoms with Gasteiger partial charge in [0.05, 0.1) is 18.5 Å². The zero-order chi connectivity index (χ0) is 16.1. The second-order valence-corrected chi connectivity index (χ2v) is 4.93. The summed E-state index contributed by atoms with van der Waals surface area (Å²) in [7, 11) is 0. The minimum absolute atomic E-state index is 0.104.